The van der Waals surface area contributed by atoms with Crippen LogP contribution in [0.3, 0.4) is 0 Å². The molecule has 0 aliphatic carbocycles. The normalized spacial score (nSPS) is 37.5. The molecule has 0 spiro atoms. The first-order valence-electron chi connectivity index (χ1n) is 2.42. The lowest BCUT2D eigenvalue weighted by Crippen LogP contribution is -3.08. The summed E-state index contributed by atoms with van der Waals surface area (Å²) in [6.45, 7) is 1.54. The van der Waals surface area contributed by atoms with E-state index in [9.17, 15) is 10.0 Å². The summed E-state index contributed by atoms with van der Waals surface area (Å²) in [5, 5.41) is 10.3. The second-order valence-corrected chi connectivity index (χ2v) is 1.78. The van der Waals surface area contributed by atoms with Gasteiger partial charge in [0.2, 0.25) is 6.23 Å². The molecular formula is C4H7NO3. The Kier molecular flexibility index (Phi) is 1.19. The highest BCUT2D eigenvalue weighted by atomic mass is 16.6. The van der Waals surface area contributed by atoms with Crippen molar-refractivity contribution in [2.45, 2.75) is 13.2 Å². The number of ether oxygens (including phenoxy) is 1. The van der Waals surface area contributed by atoms with Gasteiger partial charge >= 0.3 is 5.97 Å². The Morgan fingerprint density at radius 2 is 2.62 bits per heavy atom. The van der Waals surface area contributed by atoms with E-state index in [0.29, 0.717) is 0 Å². The highest BCUT2D eigenvalue weighted by Gasteiger charge is 2.25. The summed E-state index contributed by atoms with van der Waals surface area (Å²) in [6.07, 6.45) is -0.498. The minimum absolute atomic E-state index is 0.0405. The first-order chi connectivity index (χ1) is 3.70. The Morgan fingerprint density at radius 1 is 2.00 bits per heavy atom. The topological polar surface area (TPSA) is 53.8 Å². The van der Waals surface area contributed by atoms with Gasteiger partial charge in [-0.1, -0.05) is 0 Å². The van der Waals surface area contributed by atoms with E-state index in [-0.39, 0.29) is 11.6 Å². The van der Waals surface area contributed by atoms with E-state index in [4.69, 9.17) is 0 Å². The molecule has 0 aromatic carbocycles. The summed E-state index contributed by atoms with van der Waals surface area (Å²) in [7, 11) is 0. The lowest BCUT2D eigenvalue weighted by atomic mass is 10.6. The molecule has 8 heavy (non-hydrogen) atoms. The van der Waals surface area contributed by atoms with E-state index in [2.05, 4.69) is 4.74 Å². The molecular weight excluding hydrogens is 110 g/mol. The zero-order valence-corrected chi connectivity index (χ0v) is 4.51. The molecule has 4 heteroatoms. The average Bonchev–Trinajstić information content (AvgIpc) is 1.85. The van der Waals surface area contributed by atoms with Gasteiger partial charge in [0.05, 0.1) is 0 Å². The van der Waals surface area contributed by atoms with Gasteiger partial charge in [-0.15, -0.1) is 0 Å². The van der Waals surface area contributed by atoms with E-state index in [1.807, 2.05) is 0 Å². The van der Waals surface area contributed by atoms with Crippen molar-refractivity contribution < 1.29 is 14.6 Å². The molecule has 1 aliphatic heterocycles. The van der Waals surface area contributed by atoms with Gasteiger partial charge in [0, 0.05) is 6.92 Å². The van der Waals surface area contributed by atoms with Crippen LogP contribution in [0, 0.1) is 5.21 Å². The number of esters is 1. The Morgan fingerprint density at radius 3 is 2.75 bits per heavy atom. The van der Waals surface area contributed by atoms with Crippen molar-refractivity contribution in [3.63, 3.8) is 0 Å². The first kappa shape index (κ1) is 5.53. The maximum Gasteiger partial charge on any atom is 0.366 e. The van der Waals surface area contributed by atoms with Crippen LogP contribution in [0.15, 0.2) is 0 Å². The lowest BCUT2D eigenvalue weighted by molar-refractivity contribution is -0.871. The molecule has 0 saturated carbocycles. The van der Waals surface area contributed by atoms with E-state index in [1.54, 1.807) is 6.92 Å². The quantitative estimate of drug-likeness (QED) is 0.303. The lowest BCUT2D eigenvalue weighted by Gasteiger charge is -2.15. The van der Waals surface area contributed by atoms with Gasteiger partial charge in [-0.05, 0) is 0 Å². The molecule has 0 bridgehead atoms. The summed E-state index contributed by atoms with van der Waals surface area (Å²) in [5.74, 6) is -0.400. The Labute approximate surface area is 46.6 Å². The number of hydroxylamine groups is 2. The van der Waals surface area contributed by atoms with Gasteiger partial charge in [-0.2, -0.15) is 0 Å². The minimum atomic E-state index is -0.498. The van der Waals surface area contributed by atoms with E-state index < -0.39 is 12.2 Å². The zero-order chi connectivity index (χ0) is 6.15. The number of nitrogens with one attached hydrogen (secondary N) is 1. The van der Waals surface area contributed by atoms with E-state index in [1.165, 1.54) is 0 Å². The van der Waals surface area contributed by atoms with Gasteiger partial charge in [0.1, 0.15) is 0 Å². The summed E-state index contributed by atoms with van der Waals surface area (Å²) in [5.41, 5.74) is 0. The highest BCUT2D eigenvalue weighted by molar-refractivity contribution is 5.71. The van der Waals surface area contributed by atoms with Gasteiger partial charge in [0.15, 0.2) is 6.54 Å². The second kappa shape index (κ2) is 1.72. The molecule has 46 valence electrons. The molecule has 0 aromatic rings. The number of rotatable bonds is 0. The van der Waals surface area contributed by atoms with Gasteiger partial charge in [-0.3, -0.25) is 0 Å². The molecule has 2 atom stereocenters. The van der Waals surface area contributed by atoms with Crippen molar-refractivity contribution in [1.82, 2.24) is 0 Å². The third-order valence-corrected chi connectivity index (χ3v) is 1.08. The number of carbonyl (C=O) groups is 1. The number of quaternary nitrogens is 1. The summed E-state index contributed by atoms with van der Waals surface area (Å²) in [4.78, 5) is 10.2. The predicted octanol–water partition coefficient (Wildman–Crippen LogP) is -1.73. The van der Waals surface area contributed by atoms with Crippen LogP contribution in [-0.2, 0) is 9.53 Å². The van der Waals surface area contributed by atoms with Crippen molar-refractivity contribution in [3.05, 3.63) is 5.21 Å². The van der Waals surface area contributed by atoms with Crippen LogP contribution in [0.4, 0.5) is 0 Å². The maximum atomic E-state index is 10.4. The molecule has 1 fully saturated rings. The number of cyclic esters (lactones) is 1. The average molecular weight is 117 g/mol. The molecule has 1 aliphatic rings. The van der Waals surface area contributed by atoms with Crippen LogP contribution in [0.5, 0.6) is 0 Å². The molecule has 0 amide bonds. The highest BCUT2D eigenvalue weighted by Crippen LogP contribution is 1.86. The molecule has 4 nitrogen and oxygen atoms in total. The fourth-order valence-corrected chi connectivity index (χ4v) is 0.591. The fourth-order valence-electron chi connectivity index (χ4n) is 0.591. The number of hydrogen-bond donors (Lipinski definition) is 1. The van der Waals surface area contributed by atoms with Gasteiger partial charge < -0.3 is 15.0 Å². The summed E-state index contributed by atoms with van der Waals surface area (Å²) in [6, 6.07) is 0. The number of hydrogen-bond acceptors (Lipinski definition) is 3. The second-order valence-electron chi connectivity index (χ2n) is 1.78. The Balaban J connectivity index is 2.51. The Hall–Kier alpha value is -0.610. The van der Waals surface area contributed by atoms with Crippen LogP contribution in [0.1, 0.15) is 6.92 Å². The molecule has 1 saturated heterocycles. The summed E-state index contributed by atoms with van der Waals surface area (Å²) < 4.78 is 4.48. The van der Waals surface area contributed by atoms with Crippen LogP contribution in [0.25, 0.3) is 0 Å². The van der Waals surface area contributed by atoms with Crippen LogP contribution in [-0.4, -0.2) is 18.7 Å². The maximum absolute atomic E-state index is 10.4. The monoisotopic (exact) mass is 117 g/mol. The van der Waals surface area contributed by atoms with Crippen LogP contribution in [0.2, 0.25) is 0 Å². The SMILES string of the molecule is CC1OC(=O)C[NH+]1[O-]. The van der Waals surface area contributed by atoms with Gasteiger partial charge in [-0.25, -0.2) is 4.79 Å². The largest absolute Gasteiger partial charge is 0.631 e. The summed E-state index contributed by atoms with van der Waals surface area (Å²) >= 11 is 0. The molecule has 0 aromatic heterocycles. The fraction of sp³-hybridized carbons (Fsp3) is 0.750. The smallest absolute Gasteiger partial charge is 0.366 e. The van der Waals surface area contributed by atoms with Crippen LogP contribution < -0.4 is 5.06 Å². The molecule has 1 rings (SSSR count). The van der Waals surface area contributed by atoms with Crippen molar-refractivity contribution in [2.24, 2.45) is 0 Å². The molecule has 2 unspecified atom stereocenters. The molecule has 1 N–H and O–H groups in total. The van der Waals surface area contributed by atoms with Crippen molar-refractivity contribution in [1.29, 1.82) is 0 Å². The molecule has 1 heterocycles. The minimum Gasteiger partial charge on any atom is -0.631 e. The first-order valence-corrected chi connectivity index (χ1v) is 2.42. The van der Waals surface area contributed by atoms with E-state index in [0.717, 1.165) is 0 Å². The third-order valence-electron chi connectivity index (χ3n) is 1.08. The number of carbonyl (C=O) groups excluding carboxylic acids is 1. The van der Waals surface area contributed by atoms with Crippen LogP contribution >= 0.6 is 0 Å². The van der Waals surface area contributed by atoms with Crippen molar-refractivity contribution in [3.8, 4) is 0 Å². The van der Waals surface area contributed by atoms with Crippen molar-refractivity contribution >= 4 is 5.97 Å². The van der Waals surface area contributed by atoms with Crippen molar-refractivity contribution in [2.75, 3.05) is 6.54 Å². The predicted molar refractivity (Wildman–Crippen MR) is 24.8 cm³/mol. The third kappa shape index (κ3) is 0.801. The van der Waals surface area contributed by atoms with E-state index >= 15 is 0 Å². The standard InChI is InChI=1S/C4H7NO3/c1-3-5(7)2-4(6)8-3/h3,5H,2H2,1H3. The Bertz CT molecular complexity index is 102. The molecule has 0 radical (unpaired) electrons. The zero-order valence-electron chi connectivity index (χ0n) is 4.51. The van der Waals surface area contributed by atoms with Gasteiger partial charge in [0.25, 0.3) is 0 Å².